The molecule has 3 rings (SSSR count). The van der Waals surface area contributed by atoms with Crippen LogP contribution in [0.25, 0.3) is 6.08 Å². The molecule has 1 fully saturated rings. The van der Waals surface area contributed by atoms with Crippen molar-refractivity contribution in [1.82, 2.24) is 4.90 Å². The lowest BCUT2D eigenvalue weighted by molar-refractivity contribution is -0.126. The van der Waals surface area contributed by atoms with Gasteiger partial charge >= 0.3 is 0 Å². The van der Waals surface area contributed by atoms with Crippen LogP contribution in [0.4, 0.5) is 0 Å². The summed E-state index contributed by atoms with van der Waals surface area (Å²) in [6.07, 6.45) is 5.46. The molecule has 0 bridgehead atoms. The normalized spacial score (nSPS) is 16.1. The summed E-state index contributed by atoms with van der Waals surface area (Å²) in [5.74, 6) is 1.09. The Labute approximate surface area is 153 Å². The Kier molecular flexibility index (Phi) is 5.46. The maximum Gasteiger partial charge on any atom is 0.246 e. The van der Waals surface area contributed by atoms with E-state index >= 15 is 0 Å². The Balaban J connectivity index is 1.61. The van der Waals surface area contributed by atoms with Gasteiger partial charge in [-0.25, -0.2) is 8.42 Å². The lowest BCUT2D eigenvalue weighted by Crippen LogP contribution is -2.41. The molecular formula is C19H21NO5S. The number of carbonyl (C=O) groups excluding carboxylic acids is 1. The molecule has 6 nitrogen and oxygen atoms in total. The Hall–Kier alpha value is -2.54. The number of methoxy groups -OCH3 is 1. The van der Waals surface area contributed by atoms with Gasteiger partial charge in [0.05, 0.1) is 23.5 Å². The zero-order valence-electron chi connectivity index (χ0n) is 14.5. The van der Waals surface area contributed by atoms with Gasteiger partial charge in [-0.2, -0.15) is 0 Å². The monoisotopic (exact) mass is 375 g/mol. The molecule has 1 saturated heterocycles. The van der Waals surface area contributed by atoms with Crippen molar-refractivity contribution in [1.29, 1.82) is 0 Å². The number of hydrogen-bond acceptors (Lipinski definition) is 5. The lowest BCUT2D eigenvalue weighted by Gasteiger charge is -2.31. The number of likely N-dealkylation sites (tertiary alicyclic amines) is 1. The predicted molar refractivity (Wildman–Crippen MR) is 97.5 cm³/mol. The van der Waals surface area contributed by atoms with Gasteiger partial charge < -0.3 is 14.1 Å². The number of piperidine rings is 1. The van der Waals surface area contributed by atoms with Crippen LogP contribution in [0.2, 0.25) is 0 Å². The van der Waals surface area contributed by atoms with E-state index in [0.717, 1.165) is 0 Å². The van der Waals surface area contributed by atoms with Crippen LogP contribution in [-0.4, -0.2) is 44.7 Å². The third-order valence-corrected chi connectivity index (χ3v) is 6.79. The first-order valence-electron chi connectivity index (χ1n) is 8.39. The number of benzene rings is 1. The standard InChI is InChI=1S/C19H21NO5S/c1-24-15-4-7-17(8-5-15)26(22,23)18-10-12-20(13-11-18)19(21)9-6-16-3-2-14-25-16/h2-9,14,18H,10-13H2,1H3/b9-6+. The summed E-state index contributed by atoms with van der Waals surface area (Å²) < 4.78 is 35.8. The van der Waals surface area contributed by atoms with E-state index in [9.17, 15) is 13.2 Å². The van der Waals surface area contributed by atoms with Crippen LogP contribution in [0.15, 0.2) is 58.1 Å². The zero-order valence-corrected chi connectivity index (χ0v) is 15.3. The highest BCUT2D eigenvalue weighted by molar-refractivity contribution is 7.92. The first-order valence-corrected chi connectivity index (χ1v) is 9.94. The van der Waals surface area contributed by atoms with Crippen molar-refractivity contribution in [3.8, 4) is 5.75 Å². The molecule has 138 valence electrons. The third kappa shape index (κ3) is 3.99. The van der Waals surface area contributed by atoms with Crippen molar-refractivity contribution in [3.05, 3.63) is 54.5 Å². The van der Waals surface area contributed by atoms with Gasteiger partial charge in [-0.1, -0.05) is 0 Å². The van der Waals surface area contributed by atoms with Gasteiger partial charge in [0.1, 0.15) is 11.5 Å². The molecule has 1 aromatic heterocycles. The minimum absolute atomic E-state index is 0.137. The van der Waals surface area contributed by atoms with Gasteiger partial charge in [-0.3, -0.25) is 4.79 Å². The first-order chi connectivity index (χ1) is 12.5. The fraction of sp³-hybridized carbons (Fsp3) is 0.316. The highest BCUT2D eigenvalue weighted by Crippen LogP contribution is 2.26. The van der Waals surface area contributed by atoms with Crippen molar-refractivity contribution in [3.63, 3.8) is 0 Å². The van der Waals surface area contributed by atoms with Crippen molar-refractivity contribution >= 4 is 21.8 Å². The van der Waals surface area contributed by atoms with Crippen LogP contribution in [0.3, 0.4) is 0 Å². The molecule has 0 saturated carbocycles. The smallest absolute Gasteiger partial charge is 0.246 e. The summed E-state index contributed by atoms with van der Waals surface area (Å²) in [6, 6.07) is 9.93. The topological polar surface area (TPSA) is 76.8 Å². The second-order valence-electron chi connectivity index (χ2n) is 6.09. The maximum absolute atomic E-state index is 12.8. The number of sulfone groups is 1. The average molecular weight is 375 g/mol. The van der Waals surface area contributed by atoms with E-state index < -0.39 is 15.1 Å². The van der Waals surface area contributed by atoms with Gasteiger partial charge in [-0.15, -0.1) is 0 Å². The summed E-state index contributed by atoms with van der Waals surface area (Å²) in [5, 5.41) is -0.478. The lowest BCUT2D eigenvalue weighted by atomic mass is 10.1. The number of ether oxygens (including phenoxy) is 1. The van der Waals surface area contributed by atoms with Crippen molar-refractivity contribution in [2.75, 3.05) is 20.2 Å². The molecule has 0 atom stereocenters. The summed E-state index contributed by atoms with van der Waals surface area (Å²) in [4.78, 5) is 14.2. The van der Waals surface area contributed by atoms with E-state index in [1.807, 2.05) is 0 Å². The van der Waals surface area contributed by atoms with Crippen molar-refractivity contribution in [2.45, 2.75) is 23.0 Å². The Morgan fingerprint density at radius 3 is 2.46 bits per heavy atom. The predicted octanol–water partition coefficient (Wildman–Crippen LogP) is 2.77. The Bertz CT molecular complexity index is 861. The molecular weight excluding hydrogens is 354 g/mol. The molecule has 26 heavy (non-hydrogen) atoms. The fourth-order valence-electron chi connectivity index (χ4n) is 2.99. The summed E-state index contributed by atoms with van der Waals surface area (Å²) in [6.45, 7) is 0.836. The van der Waals surface area contributed by atoms with Gasteiger partial charge in [0.2, 0.25) is 5.91 Å². The van der Waals surface area contributed by atoms with Crippen molar-refractivity contribution in [2.24, 2.45) is 0 Å². The number of carbonyl (C=O) groups is 1. The largest absolute Gasteiger partial charge is 0.497 e. The van der Waals surface area contributed by atoms with Crippen molar-refractivity contribution < 1.29 is 22.4 Å². The number of furan rings is 1. The summed E-state index contributed by atoms with van der Waals surface area (Å²) in [7, 11) is -1.87. The quantitative estimate of drug-likeness (QED) is 0.751. The zero-order chi connectivity index (χ0) is 18.6. The summed E-state index contributed by atoms with van der Waals surface area (Å²) in [5.41, 5.74) is 0. The van der Waals surface area contributed by atoms with Crippen LogP contribution >= 0.6 is 0 Å². The molecule has 0 N–H and O–H groups in total. The fourth-order valence-corrected chi connectivity index (χ4v) is 4.72. The Morgan fingerprint density at radius 1 is 1.19 bits per heavy atom. The van der Waals surface area contributed by atoms with Crippen LogP contribution in [0.5, 0.6) is 5.75 Å². The molecule has 1 aliphatic rings. The number of amides is 1. The van der Waals surface area contributed by atoms with Gasteiger partial charge in [0.15, 0.2) is 9.84 Å². The summed E-state index contributed by atoms with van der Waals surface area (Å²) >= 11 is 0. The van der Waals surface area contributed by atoms with Crippen LogP contribution in [0, 0.1) is 0 Å². The molecule has 0 radical (unpaired) electrons. The molecule has 7 heteroatoms. The molecule has 0 spiro atoms. The van der Waals surface area contributed by atoms with Crippen LogP contribution in [0.1, 0.15) is 18.6 Å². The number of rotatable bonds is 5. The minimum Gasteiger partial charge on any atom is -0.497 e. The van der Waals surface area contributed by atoms with E-state index in [1.165, 1.54) is 13.2 Å². The number of hydrogen-bond donors (Lipinski definition) is 0. The average Bonchev–Trinajstić information content (AvgIpc) is 3.20. The van der Waals surface area contributed by atoms with Crippen LogP contribution < -0.4 is 4.74 Å². The highest BCUT2D eigenvalue weighted by atomic mass is 32.2. The molecule has 0 unspecified atom stereocenters. The van der Waals surface area contributed by atoms with E-state index in [1.54, 1.807) is 53.6 Å². The van der Waals surface area contributed by atoms with Gasteiger partial charge in [-0.05, 0) is 55.3 Å². The van der Waals surface area contributed by atoms with E-state index in [0.29, 0.717) is 42.3 Å². The van der Waals surface area contributed by atoms with E-state index in [4.69, 9.17) is 9.15 Å². The second kappa shape index (κ2) is 7.78. The molecule has 1 aromatic carbocycles. The molecule has 2 aromatic rings. The minimum atomic E-state index is -3.41. The third-order valence-electron chi connectivity index (χ3n) is 4.51. The molecule has 1 aliphatic heterocycles. The first kappa shape index (κ1) is 18.3. The number of nitrogens with zero attached hydrogens (tertiary/aromatic N) is 1. The molecule has 0 aliphatic carbocycles. The van der Waals surface area contributed by atoms with Crippen LogP contribution in [-0.2, 0) is 14.6 Å². The highest BCUT2D eigenvalue weighted by Gasteiger charge is 2.32. The SMILES string of the molecule is COc1ccc(S(=O)(=O)C2CCN(C(=O)/C=C/c3ccco3)CC2)cc1. The Morgan fingerprint density at radius 2 is 1.88 bits per heavy atom. The molecule has 1 amide bonds. The second-order valence-corrected chi connectivity index (χ2v) is 8.32. The maximum atomic E-state index is 12.8. The van der Waals surface area contributed by atoms with E-state index in [-0.39, 0.29) is 5.91 Å². The molecule has 2 heterocycles. The van der Waals surface area contributed by atoms with E-state index in [2.05, 4.69) is 0 Å². The van der Waals surface area contributed by atoms with Gasteiger partial charge in [0, 0.05) is 19.2 Å². The van der Waals surface area contributed by atoms with Gasteiger partial charge in [0.25, 0.3) is 0 Å².